The Morgan fingerprint density at radius 2 is 1.89 bits per heavy atom. The van der Waals surface area contributed by atoms with Crippen molar-refractivity contribution in [3.63, 3.8) is 0 Å². The van der Waals surface area contributed by atoms with Crippen LogP contribution in [0.2, 0.25) is 0 Å². The summed E-state index contributed by atoms with van der Waals surface area (Å²) in [6, 6.07) is 7.24. The van der Waals surface area contributed by atoms with Gasteiger partial charge in [0.25, 0.3) is 0 Å². The van der Waals surface area contributed by atoms with E-state index >= 15 is 0 Å². The molecule has 1 saturated heterocycles. The van der Waals surface area contributed by atoms with E-state index in [1.807, 2.05) is 26.0 Å². The van der Waals surface area contributed by atoms with Crippen LogP contribution in [0.1, 0.15) is 51.2 Å². The van der Waals surface area contributed by atoms with Crippen LogP contribution in [0.25, 0.3) is 0 Å². The molecule has 0 N–H and O–H groups in total. The number of benzene rings is 1. The number of hydrogen-bond acceptors (Lipinski definition) is 7. The molecule has 0 saturated carbocycles. The maximum atomic E-state index is 12.7. The van der Waals surface area contributed by atoms with Gasteiger partial charge >= 0.3 is 5.97 Å². The van der Waals surface area contributed by atoms with Crippen LogP contribution in [0.5, 0.6) is 5.75 Å². The molecule has 2 aliphatic rings. The Hall–Kier alpha value is -2.96. The van der Waals surface area contributed by atoms with Crippen molar-refractivity contribution in [3.05, 3.63) is 46.6 Å². The Labute approximate surface area is 163 Å². The minimum Gasteiger partial charge on any atom is -0.486 e. The van der Waals surface area contributed by atoms with Crippen molar-refractivity contribution in [2.45, 2.75) is 38.7 Å². The highest BCUT2D eigenvalue weighted by atomic mass is 16.5. The molecule has 0 amide bonds. The molecule has 2 aliphatic heterocycles. The third-order valence-electron chi connectivity index (χ3n) is 5.82. The smallest absolute Gasteiger partial charge is 0.358 e. The van der Waals surface area contributed by atoms with Crippen molar-refractivity contribution in [3.8, 4) is 5.75 Å². The molecule has 28 heavy (non-hydrogen) atoms. The Morgan fingerprint density at radius 3 is 2.54 bits per heavy atom. The number of esters is 1. The molecule has 0 bridgehead atoms. The van der Waals surface area contributed by atoms with Crippen LogP contribution in [0.3, 0.4) is 0 Å². The van der Waals surface area contributed by atoms with E-state index in [2.05, 4.69) is 19.8 Å². The van der Waals surface area contributed by atoms with Crippen molar-refractivity contribution in [1.82, 2.24) is 10.2 Å². The van der Waals surface area contributed by atoms with Gasteiger partial charge in [-0.3, -0.25) is 4.79 Å². The van der Waals surface area contributed by atoms with Crippen LogP contribution in [0, 0.1) is 13.8 Å². The molecule has 146 valence electrons. The lowest BCUT2D eigenvalue weighted by Crippen LogP contribution is -2.51. The molecule has 1 fully saturated rings. The van der Waals surface area contributed by atoms with Crippen molar-refractivity contribution < 1.29 is 19.1 Å². The molecule has 2 aromatic rings. The summed E-state index contributed by atoms with van der Waals surface area (Å²) in [5, 5.41) is 8.09. The highest BCUT2D eigenvalue weighted by molar-refractivity contribution is 6.01. The molecule has 4 rings (SSSR count). The number of nitrogens with zero attached hydrogens (tertiary/aromatic N) is 3. The first-order valence-electron chi connectivity index (χ1n) is 9.42. The number of aryl methyl sites for hydroxylation is 1. The summed E-state index contributed by atoms with van der Waals surface area (Å²) in [7, 11) is 1.31. The third-order valence-corrected chi connectivity index (χ3v) is 5.82. The highest BCUT2D eigenvalue weighted by Gasteiger charge is 2.43. The summed E-state index contributed by atoms with van der Waals surface area (Å²) in [4.78, 5) is 26.3. The summed E-state index contributed by atoms with van der Waals surface area (Å²) < 4.78 is 11.1. The number of methoxy groups -OCH3 is 1. The molecule has 7 nitrogen and oxygen atoms in total. The molecule has 1 aromatic heterocycles. The molecular formula is C21H23N3O4. The third kappa shape index (κ3) is 3.10. The van der Waals surface area contributed by atoms with Crippen LogP contribution >= 0.6 is 0 Å². The fourth-order valence-electron chi connectivity index (χ4n) is 3.91. The van der Waals surface area contributed by atoms with E-state index in [1.165, 1.54) is 7.11 Å². The zero-order valence-corrected chi connectivity index (χ0v) is 16.3. The second-order valence-electron chi connectivity index (χ2n) is 7.52. The predicted octanol–water partition coefficient (Wildman–Crippen LogP) is 2.88. The van der Waals surface area contributed by atoms with E-state index < -0.39 is 11.6 Å². The first-order valence-corrected chi connectivity index (χ1v) is 9.42. The minimum atomic E-state index is -0.505. The number of hydrogen-bond donors (Lipinski definition) is 0. The number of carbonyl (C=O) groups excluding carboxylic acids is 2. The van der Waals surface area contributed by atoms with Crippen LogP contribution in [-0.4, -0.2) is 47.8 Å². The number of carbonyl (C=O) groups is 2. The van der Waals surface area contributed by atoms with Gasteiger partial charge in [0, 0.05) is 25.9 Å². The Morgan fingerprint density at radius 1 is 1.14 bits per heavy atom. The van der Waals surface area contributed by atoms with Gasteiger partial charge in [-0.25, -0.2) is 4.79 Å². The van der Waals surface area contributed by atoms with Gasteiger partial charge in [0.15, 0.2) is 17.3 Å². The van der Waals surface area contributed by atoms with Crippen LogP contribution in [0.15, 0.2) is 24.3 Å². The average molecular weight is 381 g/mol. The highest BCUT2D eigenvalue weighted by Crippen LogP contribution is 2.42. The SMILES string of the molecule is COC(=O)c1ccc(N2CCC3(CC2)CC(=O)c2ccc(C)c(C)c2O3)nn1. The van der Waals surface area contributed by atoms with Gasteiger partial charge in [-0.2, -0.15) is 0 Å². The van der Waals surface area contributed by atoms with E-state index in [9.17, 15) is 9.59 Å². The molecule has 0 radical (unpaired) electrons. The number of anilines is 1. The summed E-state index contributed by atoms with van der Waals surface area (Å²) >= 11 is 0. The average Bonchev–Trinajstić information content (AvgIpc) is 2.71. The topological polar surface area (TPSA) is 81.6 Å². The monoisotopic (exact) mass is 381 g/mol. The molecule has 1 aromatic carbocycles. The Bertz CT molecular complexity index is 931. The normalized spacial score (nSPS) is 17.8. The number of fused-ring (bicyclic) bond motifs is 1. The minimum absolute atomic E-state index is 0.153. The van der Waals surface area contributed by atoms with E-state index in [0.29, 0.717) is 30.9 Å². The number of ether oxygens (including phenoxy) is 2. The number of piperidine rings is 1. The van der Waals surface area contributed by atoms with Gasteiger partial charge in [0.05, 0.1) is 19.1 Å². The number of rotatable bonds is 2. The number of aromatic nitrogens is 2. The molecule has 0 unspecified atom stereocenters. The van der Waals surface area contributed by atoms with Gasteiger partial charge < -0.3 is 14.4 Å². The van der Waals surface area contributed by atoms with E-state index in [1.54, 1.807) is 12.1 Å². The predicted molar refractivity (Wildman–Crippen MR) is 103 cm³/mol. The summed E-state index contributed by atoms with van der Waals surface area (Å²) in [5.41, 5.74) is 2.58. The lowest BCUT2D eigenvalue weighted by atomic mass is 9.81. The van der Waals surface area contributed by atoms with Gasteiger partial charge in [0.1, 0.15) is 11.4 Å². The Kier molecular flexibility index (Phi) is 4.53. The first kappa shape index (κ1) is 18.4. The standard InChI is InChI=1S/C21H23N3O4/c1-13-4-5-15-17(25)12-21(28-19(15)14(13)2)8-10-24(11-9-21)18-7-6-16(22-23-18)20(26)27-3/h4-7H,8-12H2,1-3H3. The largest absolute Gasteiger partial charge is 0.486 e. The quantitative estimate of drug-likeness (QED) is 0.740. The van der Waals surface area contributed by atoms with Crippen LogP contribution in [0.4, 0.5) is 5.82 Å². The summed E-state index contributed by atoms with van der Waals surface area (Å²) in [5.74, 6) is 1.10. The lowest BCUT2D eigenvalue weighted by Gasteiger charge is -2.44. The van der Waals surface area contributed by atoms with Gasteiger partial charge in [-0.15, -0.1) is 10.2 Å². The van der Waals surface area contributed by atoms with Crippen molar-refractivity contribution in [1.29, 1.82) is 0 Å². The molecular weight excluding hydrogens is 358 g/mol. The zero-order valence-electron chi connectivity index (χ0n) is 16.3. The molecule has 7 heteroatoms. The molecule has 0 atom stereocenters. The molecule has 0 aliphatic carbocycles. The van der Waals surface area contributed by atoms with Crippen molar-refractivity contribution in [2.75, 3.05) is 25.1 Å². The second-order valence-corrected chi connectivity index (χ2v) is 7.52. The maximum absolute atomic E-state index is 12.7. The summed E-state index contributed by atoms with van der Waals surface area (Å²) in [6.07, 6.45) is 1.86. The van der Waals surface area contributed by atoms with Crippen LogP contribution in [-0.2, 0) is 4.74 Å². The van der Waals surface area contributed by atoms with Gasteiger partial charge in [-0.05, 0) is 43.2 Å². The summed E-state index contributed by atoms with van der Waals surface area (Å²) in [6.45, 7) is 5.46. The zero-order chi connectivity index (χ0) is 19.9. The Balaban J connectivity index is 1.50. The lowest BCUT2D eigenvalue weighted by molar-refractivity contribution is 0.0224. The first-order chi connectivity index (χ1) is 13.4. The fourth-order valence-corrected chi connectivity index (χ4v) is 3.91. The molecule has 3 heterocycles. The van der Waals surface area contributed by atoms with Crippen LogP contribution < -0.4 is 9.64 Å². The van der Waals surface area contributed by atoms with E-state index in [0.717, 1.165) is 29.7 Å². The van der Waals surface area contributed by atoms with Gasteiger partial charge in [-0.1, -0.05) is 6.07 Å². The fraction of sp³-hybridized carbons (Fsp3) is 0.429. The maximum Gasteiger partial charge on any atom is 0.358 e. The van der Waals surface area contributed by atoms with Crippen molar-refractivity contribution >= 4 is 17.6 Å². The van der Waals surface area contributed by atoms with Crippen molar-refractivity contribution in [2.24, 2.45) is 0 Å². The number of ketones is 1. The van der Waals surface area contributed by atoms with E-state index in [-0.39, 0.29) is 11.5 Å². The van der Waals surface area contributed by atoms with Gasteiger partial charge in [0.2, 0.25) is 0 Å². The molecule has 1 spiro atoms. The number of Topliss-reactive ketones (excluding diaryl/α,β-unsaturated/α-hetero) is 1. The second kappa shape index (κ2) is 6.89. The van der Waals surface area contributed by atoms with E-state index in [4.69, 9.17) is 4.74 Å².